The van der Waals surface area contributed by atoms with Gasteiger partial charge in [0.1, 0.15) is 0 Å². The van der Waals surface area contributed by atoms with Crippen molar-refractivity contribution in [2.75, 3.05) is 79.2 Å². The van der Waals surface area contributed by atoms with Gasteiger partial charge < -0.3 is 19.9 Å². The van der Waals surface area contributed by atoms with E-state index in [-0.39, 0.29) is 5.91 Å². The number of hydrogen-bond acceptors (Lipinski definition) is 5. The van der Waals surface area contributed by atoms with Crippen molar-refractivity contribution >= 4 is 5.91 Å². The molecule has 128 valence electrons. The fourth-order valence-corrected chi connectivity index (χ4v) is 2.95. The van der Waals surface area contributed by atoms with Gasteiger partial charge in [-0.05, 0) is 26.4 Å². The van der Waals surface area contributed by atoms with Gasteiger partial charge in [-0.1, -0.05) is 6.42 Å². The summed E-state index contributed by atoms with van der Waals surface area (Å²) >= 11 is 0. The third-order valence-corrected chi connectivity index (χ3v) is 4.54. The van der Waals surface area contributed by atoms with Gasteiger partial charge in [-0.25, -0.2) is 0 Å². The van der Waals surface area contributed by atoms with E-state index in [0.717, 1.165) is 39.3 Å². The maximum Gasteiger partial charge on any atom is 0.234 e. The third-order valence-electron chi connectivity index (χ3n) is 4.54. The summed E-state index contributed by atoms with van der Waals surface area (Å²) < 4.78 is 5.28. The van der Waals surface area contributed by atoms with Crippen LogP contribution >= 0.6 is 0 Å². The van der Waals surface area contributed by atoms with E-state index in [0.29, 0.717) is 6.54 Å². The van der Waals surface area contributed by atoms with Crippen LogP contribution in [0.5, 0.6) is 0 Å². The number of nitrogens with one attached hydrogen (secondary N) is 1. The first-order valence-electron chi connectivity index (χ1n) is 8.72. The van der Waals surface area contributed by atoms with Gasteiger partial charge in [0.05, 0.1) is 19.8 Å². The Hall–Kier alpha value is -0.690. The molecule has 1 N–H and O–H groups in total. The number of morpholine rings is 1. The number of likely N-dealkylation sites (N-methyl/N-ethyl adjacent to an activating group) is 1. The average Bonchev–Trinajstić information content (AvgIpc) is 2.53. The highest BCUT2D eigenvalue weighted by atomic mass is 16.5. The SMILES string of the molecule is CN1CCN(CCCCCNC(=O)CN2CCOCC2)CC1. The molecule has 6 nitrogen and oxygen atoms in total. The second-order valence-electron chi connectivity index (χ2n) is 6.44. The van der Waals surface area contributed by atoms with E-state index >= 15 is 0 Å². The van der Waals surface area contributed by atoms with Gasteiger partial charge in [-0.3, -0.25) is 9.69 Å². The van der Waals surface area contributed by atoms with E-state index in [1.165, 1.54) is 45.6 Å². The molecule has 1 amide bonds. The highest BCUT2D eigenvalue weighted by Gasteiger charge is 2.14. The molecule has 2 aliphatic heterocycles. The van der Waals surface area contributed by atoms with Gasteiger partial charge in [0.25, 0.3) is 0 Å². The smallest absolute Gasteiger partial charge is 0.234 e. The van der Waals surface area contributed by atoms with Gasteiger partial charge in [0.2, 0.25) is 5.91 Å². The molecule has 2 saturated heterocycles. The number of hydrogen-bond donors (Lipinski definition) is 1. The van der Waals surface area contributed by atoms with Crippen LogP contribution in [0.4, 0.5) is 0 Å². The van der Waals surface area contributed by atoms with Crippen LogP contribution in [-0.4, -0.2) is 99.8 Å². The molecule has 0 aromatic rings. The van der Waals surface area contributed by atoms with Gasteiger partial charge in [-0.15, -0.1) is 0 Å². The lowest BCUT2D eigenvalue weighted by molar-refractivity contribution is -0.123. The van der Waals surface area contributed by atoms with Crippen LogP contribution in [0.15, 0.2) is 0 Å². The van der Waals surface area contributed by atoms with Gasteiger partial charge in [0.15, 0.2) is 0 Å². The Balaban J connectivity index is 1.41. The van der Waals surface area contributed by atoms with Crippen molar-refractivity contribution in [3.63, 3.8) is 0 Å². The highest BCUT2D eigenvalue weighted by molar-refractivity contribution is 5.77. The van der Waals surface area contributed by atoms with E-state index in [4.69, 9.17) is 4.74 Å². The number of piperazine rings is 1. The van der Waals surface area contributed by atoms with Crippen LogP contribution in [-0.2, 0) is 9.53 Å². The molecule has 6 heteroatoms. The Bertz CT molecular complexity index is 313. The lowest BCUT2D eigenvalue weighted by atomic mass is 10.2. The summed E-state index contributed by atoms with van der Waals surface area (Å²) in [5.74, 6) is 0.154. The minimum Gasteiger partial charge on any atom is -0.379 e. The lowest BCUT2D eigenvalue weighted by Gasteiger charge is -2.32. The Morgan fingerprint density at radius 2 is 1.68 bits per heavy atom. The Labute approximate surface area is 134 Å². The fourth-order valence-electron chi connectivity index (χ4n) is 2.95. The first kappa shape index (κ1) is 17.7. The normalized spacial score (nSPS) is 21.9. The van der Waals surface area contributed by atoms with Gasteiger partial charge in [0, 0.05) is 45.8 Å². The van der Waals surface area contributed by atoms with E-state index in [9.17, 15) is 4.79 Å². The molecule has 22 heavy (non-hydrogen) atoms. The maximum atomic E-state index is 11.8. The van der Waals surface area contributed by atoms with Crippen molar-refractivity contribution in [1.82, 2.24) is 20.0 Å². The monoisotopic (exact) mass is 312 g/mol. The largest absolute Gasteiger partial charge is 0.379 e. The maximum absolute atomic E-state index is 11.8. The molecular weight excluding hydrogens is 280 g/mol. The number of carbonyl (C=O) groups is 1. The van der Waals surface area contributed by atoms with Crippen LogP contribution < -0.4 is 5.32 Å². The molecule has 0 unspecified atom stereocenters. The van der Waals surface area contributed by atoms with Crippen LogP contribution in [0, 0.1) is 0 Å². The van der Waals surface area contributed by atoms with Crippen LogP contribution in [0.2, 0.25) is 0 Å². The first-order chi connectivity index (χ1) is 10.7. The van der Waals surface area contributed by atoms with Crippen LogP contribution in [0.1, 0.15) is 19.3 Å². The van der Waals surface area contributed by atoms with Crippen LogP contribution in [0.25, 0.3) is 0 Å². The fraction of sp³-hybridized carbons (Fsp3) is 0.938. The van der Waals surface area contributed by atoms with E-state index in [1.807, 2.05) is 0 Å². The molecule has 0 aliphatic carbocycles. The van der Waals surface area contributed by atoms with Gasteiger partial charge in [-0.2, -0.15) is 0 Å². The molecule has 2 rings (SSSR count). The topological polar surface area (TPSA) is 48.0 Å². The molecule has 2 fully saturated rings. The van der Waals surface area contributed by atoms with E-state index < -0.39 is 0 Å². The predicted molar refractivity (Wildman–Crippen MR) is 88.1 cm³/mol. The zero-order chi connectivity index (χ0) is 15.6. The van der Waals surface area contributed by atoms with Crippen molar-refractivity contribution in [2.45, 2.75) is 19.3 Å². The van der Waals surface area contributed by atoms with Gasteiger partial charge >= 0.3 is 0 Å². The molecule has 0 spiro atoms. The quantitative estimate of drug-likeness (QED) is 0.632. The molecule has 0 bridgehead atoms. The minimum atomic E-state index is 0.154. The van der Waals surface area contributed by atoms with Crippen molar-refractivity contribution in [3.05, 3.63) is 0 Å². The predicted octanol–water partition coefficient (Wildman–Crippen LogP) is -0.147. The van der Waals surface area contributed by atoms with Crippen molar-refractivity contribution < 1.29 is 9.53 Å². The second kappa shape index (κ2) is 10.2. The summed E-state index contributed by atoms with van der Waals surface area (Å²) in [4.78, 5) is 18.9. The molecule has 0 radical (unpaired) electrons. The number of unbranched alkanes of at least 4 members (excludes halogenated alkanes) is 2. The zero-order valence-electron chi connectivity index (χ0n) is 14.1. The summed E-state index contributed by atoms with van der Waals surface area (Å²) in [7, 11) is 2.19. The summed E-state index contributed by atoms with van der Waals surface area (Å²) in [6.45, 7) is 10.6. The van der Waals surface area contributed by atoms with Crippen LogP contribution in [0.3, 0.4) is 0 Å². The summed E-state index contributed by atoms with van der Waals surface area (Å²) in [5, 5.41) is 3.03. The first-order valence-corrected chi connectivity index (χ1v) is 8.72. The van der Waals surface area contributed by atoms with Crippen molar-refractivity contribution in [3.8, 4) is 0 Å². The Kier molecular flexibility index (Phi) is 8.15. The Morgan fingerprint density at radius 3 is 2.41 bits per heavy atom. The lowest BCUT2D eigenvalue weighted by Crippen LogP contribution is -2.44. The number of nitrogens with zero attached hydrogens (tertiary/aromatic N) is 3. The summed E-state index contributed by atoms with van der Waals surface area (Å²) in [5.41, 5.74) is 0. The number of ether oxygens (including phenoxy) is 1. The number of amides is 1. The summed E-state index contributed by atoms with van der Waals surface area (Å²) in [6, 6.07) is 0. The van der Waals surface area contributed by atoms with Crippen molar-refractivity contribution in [2.24, 2.45) is 0 Å². The van der Waals surface area contributed by atoms with Crippen molar-refractivity contribution in [1.29, 1.82) is 0 Å². The van der Waals surface area contributed by atoms with E-state index in [2.05, 4.69) is 27.1 Å². The Morgan fingerprint density at radius 1 is 0.955 bits per heavy atom. The molecule has 0 aromatic carbocycles. The molecule has 0 saturated carbocycles. The third kappa shape index (κ3) is 7.05. The highest BCUT2D eigenvalue weighted by Crippen LogP contribution is 2.03. The zero-order valence-corrected chi connectivity index (χ0v) is 14.1. The molecular formula is C16H32N4O2. The molecule has 0 atom stereocenters. The molecule has 2 aliphatic rings. The number of carbonyl (C=O) groups excluding carboxylic acids is 1. The average molecular weight is 312 g/mol. The minimum absolute atomic E-state index is 0.154. The van der Waals surface area contributed by atoms with E-state index in [1.54, 1.807) is 0 Å². The standard InChI is InChI=1S/C16H32N4O2/c1-18-7-9-19(10-8-18)6-4-2-3-5-17-16(21)15-20-11-13-22-14-12-20/h2-15H2,1H3,(H,17,21). The molecule has 2 heterocycles. The number of rotatable bonds is 8. The second-order valence-corrected chi connectivity index (χ2v) is 6.44. The summed E-state index contributed by atoms with van der Waals surface area (Å²) in [6.07, 6.45) is 3.52. The molecule has 0 aromatic heterocycles.